The lowest BCUT2D eigenvalue weighted by Crippen LogP contribution is -2.75. The fourth-order valence-electron chi connectivity index (χ4n) is 10.7. The van der Waals surface area contributed by atoms with Crippen molar-refractivity contribution in [3.8, 4) is 0 Å². The van der Waals surface area contributed by atoms with Gasteiger partial charge in [-0.15, -0.1) is 0 Å². The maximum Gasteiger partial charge on any atom is 0.408 e. The van der Waals surface area contributed by atoms with E-state index in [0.29, 0.717) is 24.2 Å². The second-order valence-corrected chi connectivity index (χ2v) is 19.1. The van der Waals surface area contributed by atoms with E-state index in [1.165, 1.54) is 0 Å². The molecule has 1 unspecified atom stereocenters. The lowest BCUT2D eigenvalue weighted by Gasteiger charge is -2.68. The number of aliphatic hydroxyl groups is 3. The molecule has 2 bridgehead atoms. The summed E-state index contributed by atoms with van der Waals surface area (Å²) in [6.45, 7) is 18.4. The van der Waals surface area contributed by atoms with Crippen molar-refractivity contribution < 1.29 is 53.4 Å². The van der Waals surface area contributed by atoms with Gasteiger partial charge in [0, 0.05) is 30.1 Å². The van der Waals surface area contributed by atoms with Gasteiger partial charge in [0.15, 0.2) is 5.78 Å². The molecule has 11 atom stereocenters. The van der Waals surface area contributed by atoms with E-state index in [9.17, 15) is 34.5 Å². The Morgan fingerprint density at radius 2 is 1.63 bits per heavy atom. The second-order valence-electron chi connectivity index (χ2n) is 19.1. The van der Waals surface area contributed by atoms with Gasteiger partial charge in [0.2, 0.25) is 6.10 Å². The Morgan fingerprint density at radius 1 is 1.00 bits per heavy atom. The van der Waals surface area contributed by atoms with Crippen molar-refractivity contribution >= 4 is 23.8 Å². The molecular formula is C45H67NO11. The predicted molar refractivity (Wildman–Crippen MR) is 213 cm³/mol. The van der Waals surface area contributed by atoms with Crippen molar-refractivity contribution in [2.75, 3.05) is 6.61 Å². The number of hydrogen-bond acceptors (Lipinski definition) is 11. The molecule has 0 aromatic heterocycles. The van der Waals surface area contributed by atoms with Gasteiger partial charge in [-0.2, -0.15) is 0 Å². The molecule has 1 aliphatic heterocycles. The highest BCUT2D eigenvalue weighted by Gasteiger charge is 2.73. The average Bonchev–Trinajstić information content (AvgIpc) is 3.13. The van der Waals surface area contributed by atoms with Gasteiger partial charge in [-0.1, -0.05) is 97.1 Å². The van der Waals surface area contributed by atoms with Crippen molar-refractivity contribution in [2.45, 2.75) is 175 Å². The first-order chi connectivity index (χ1) is 26.5. The van der Waals surface area contributed by atoms with E-state index in [2.05, 4.69) is 12.2 Å². The molecule has 1 aromatic carbocycles. The molecule has 318 valence electrons. The average molecular weight is 798 g/mol. The molecule has 4 N–H and O–H groups in total. The minimum atomic E-state index is -1.72. The summed E-state index contributed by atoms with van der Waals surface area (Å²) in [5, 5.41) is 39.6. The number of nitrogens with one attached hydrogen (secondary N) is 1. The van der Waals surface area contributed by atoms with E-state index in [-0.39, 0.29) is 30.9 Å². The highest BCUT2D eigenvalue weighted by Crippen LogP contribution is 2.66. The van der Waals surface area contributed by atoms with Crippen molar-refractivity contribution in [1.29, 1.82) is 0 Å². The molecule has 12 nitrogen and oxygen atoms in total. The molecule has 12 heteroatoms. The van der Waals surface area contributed by atoms with Gasteiger partial charge in [0.25, 0.3) is 0 Å². The van der Waals surface area contributed by atoms with Gasteiger partial charge in [-0.3, -0.25) is 9.59 Å². The summed E-state index contributed by atoms with van der Waals surface area (Å²) in [5.41, 5.74) is -4.65. The number of carbonyl (C=O) groups is 4. The normalized spacial score (nSPS) is 34.3. The van der Waals surface area contributed by atoms with Gasteiger partial charge in [-0.05, 0) is 69.6 Å². The molecule has 4 aliphatic rings. The number of amides is 1. The Labute approximate surface area is 338 Å². The molecule has 1 heterocycles. The first kappa shape index (κ1) is 44.8. The number of Topliss-reactive ketones (excluding diaryl/α,β-unsaturated/α-hetero) is 1. The van der Waals surface area contributed by atoms with Crippen LogP contribution in [0.15, 0.2) is 41.5 Å². The molecule has 1 amide bonds. The fraction of sp³-hybridized carbons (Fsp3) is 0.733. The molecule has 1 saturated heterocycles. The fourth-order valence-corrected chi connectivity index (χ4v) is 10.7. The zero-order chi connectivity index (χ0) is 42.3. The van der Waals surface area contributed by atoms with E-state index >= 15 is 0 Å². The summed E-state index contributed by atoms with van der Waals surface area (Å²) in [6, 6.07) is 7.40. The standard InChI is InChI=1S/C45H67NO11/c1-11-12-13-14-15-19-22-32(48)56-36(34(28-20-17-16-18-21-28)46-40(52)57-41(4,5)6)39(51)55-29-24-45(53)27(3)37-43(9)25-54-31(43)23-30(47)44(37,10)38(50)35(49)33(26(29)2)42(45,7)8/h16-18,20-21,27,29-31,34-37,47,49,53H,11-15,19,22-25H2,1-10H3,(H,46,52)/t27-,29-,30-,31+,34-,35+,36+,37?,43+,44+,45+/m0/s1. The second kappa shape index (κ2) is 16.7. The van der Waals surface area contributed by atoms with Crippen LogP contribution < -0.4 is 5.32 Å². The maximum absolute atomic E-state index is 14.7. The zero-order valence-corrected chi connectivity index (χ0v) is 35.7. The summed E-state index contributed by atoms with van der Waals surface area (Å²) >= 11 is 0. The summed E-state index contributed by atoms with van der Waals surface area (Å²) in [6.07, 6.45) is -1.09. The minimum absolute atomic E-state index is 0.0472. The number of carbonyl (C=O) groups excluding carboxylic acids is 4. The van der Waals surface area contributed by atoms with Crippen LogP contribution in [-0.4, -0.2) is 87.5 Å². The zero-order valence-electron chi connectivity index (χ0n) is 35.7. The molecule has 3 aliphatic carbocycles. The van der Waals surface area contributed by atoms with Crippen LogP contribution in [0.4, 0.5) is 4.79 Å². The van der Waals surface area contributed by atoms with Crippen LogP contribution in [0.5, 0.6) is 0 Å². The van der Waals surface area contributed by atoms with Gasteiger partial charge in [0.05, 0.1) is 29.8 Å². The maximum atomic E-state index is 14.7. The van der Waals surface area contributed by atoms with Crippen molar-refractivity contribution in [3.63, 3.8) is 0 Å². The number of fused-ring (bicyclic) bond motifs is 5. The third-order valence-corrected chi connectivity index (χ3v) is 13.9. The molecule has 57 heavy (non-hydrogen) atoms. The molecule has 2 saturated carbocycles. The largest absolute Gasteiger partial charge is 0.455 e. The number of rotatable bonds is 13. The third kappa shape index (κ3) is 8.30. The van der Waals surface area contributed by atoms with E-state index < -0.39 is 93.6 Å². The van der Waals surface area contributed by atoms with Crippen molar-refractivity contribution in [1.82, 2.24) is 5.32 Å². The van der Waals surface area contributed by atoms with Gasteiger partial charge >= 0.3 is 18.0 Å². The van der Waals surface area contributed by atoms with Crippen molar-refractivity contribution in [3.05, 3.63) is 47.0 Å². The molecule has 5 rings (SSSR count). The highest BCUT2D eigenvalue weighted by atomic mass is 16.6. The van der Waals surface area contributed by atoms with Gasteiger partial charge < -0.3 is 39.6 Å². The van der Waals surface area contributed by atoms with Gasteiger partial charge in [0.1, 0.15) is 23.9 Å². The first-order valence-corrected chi connectivity index (χ1v) is 20.9. The van der Waals surface area contributed by atoms with E-state index in [0.717, 1.165) is 32.1 Å². The van der Waals surface area contributed by atoms with Gasteiger partial charge in [-0.25, -0.2) is 9.59 Å². The summed E-state index contributed by atoms with van der Waals surface area (Å²) in [4.78, 5) is 56.2. The third-order valence-electron chi connectivity index (χ3n) is 13.9. The van der Waals surface area contributed by atoms with Crippen LogP contribution in [0.1, 0.15) is 139 Å². The number of aliphatic hydroxyl groups excluding tert-OH is 2. The Hall–Kier alpha value is -3.32. The van der Waals surface area contributed by atoms with Crippen LogP contribution in [0.2, 0.25) is 0 Å². The Kier molecular flexibility index (Phi) is 13.1. The topological polar surface area (TPSA) is 178 Å². The van der Waals surface area contributed by atoms with Crippen LogP contribution >= 0.6 is 0 Å². The number of ketones is 1. The number of benzene rings is 1. The Bertz CT molecular complexity index is 1680. The summed E-state index contributed by atoms with van der Waals surface area (Å²) in [7, 11) is 0. The Balaban J connectivity index is 1.54. The first-order valence-electron chi connectivity index (χ1n) is 20.9. The molecule has 0 spiro atoms. The number of ether oxygens (including phenoxy) is 4. The smallest absolute Gasteiger partial charge is 0.408 e. The van der Waals surface area contributed by atoms with E-state index in [1.807, 2.05) is 13.8 Å². The number of unbranched alkanes of at least 4 members (excludes halogenated alkanes) is 5. The van der Waals surface area contributed by atoms with Crippen LogP contribution in [-0.2, 0) is 33.3 Å². The lowest BCUT2D eigenvalue weighted by molar-refractivity contribution is -0.302. The van der Waals surface area contributed by atoms with Crippen molar-refractivity contribution in [2.24, 2.45) is 28.1 Å². The molecule has 1 aromatic rings. The number of esters is 2. The monoisotopic (exact) mass is 797 g/mol. The SMILES string of the molecule is CCCCCCCCC(=O)O[C@@H](C(=O)O[C@H]1C[C@@]2(O)[C@@H](C)C3[C@]4(C)CO[C@@H]4C[C@H](O)[C@@]3(C)C(=O)[C@H](O)C(=C1C)C2(C)C)[C@@H](NC(=O)OC(C)(C)C)c1ccccc1. The van der Waals surface area contributed by atoms with Crippen LogP contribution in [0.3, 0.4) is 0 Å². The molecular weight excluding hydrogens is 730 g/mol. The lowest BCUT2D eigenvalue weighted by atomic mass is 9.40. The van der Waals surface area contributed by atoms with E-state index in [1.54, 1.807) is 78.8 Å². The summed E-state index contributed by atoms with van der Waals surface area (Å²) < 4.78 is 23.7. The van der Waals surface area contributed by atoms with E-state index in [4.69, 9.17) is 18.9 Å². The summed E-state index contributed by atoms with van der Waals surface area (Å²) in [5.74, 6) is -3.43. The van der Waals surface area contributed by atoms with Crippen LogP contribution in [0, 0.1) is 28.1 Å². The quantitative estimate of drug-likeness (QED) is 0.0725. The number of hydrogen-bond donors (Lipinski definition) is 4. The van der Waals surface area contributed by atoms with Crippen LogP contribution in [0.25, 0.3) is 0 Å². The minimum Gasteiger partial charge on any atom is -0.455 e. The highest BCUT2D eigenvalue weighted by molar-refractivity contribution is 5.93. The predicted octanol–water partition coefficient (Wildman–Crippen LogP) is 6.68. The molecule has 3 fully saturated rings. The molecule has 0 radical (unpaired) electrons. The Morgan fingerprint density at radius 3 is 2.23 bits per heavy atom. The number of alkyl carbamates (subject to hydrolysis) is 1.